The summed E-state index contributed by atoms with van der Waals surface area (Å²) in [6.07, 6.45) is 4.09. The van der Waals surface area contributed by atoms with Gasteiger partial charge in [0.05, 0.1) is 6.17 Å². The molecule has 2 aliphatic rings. The van der Waals surface area contributed by atoms with Gasteiger partial charge in [-0.05, 0) is 79.6 Å². The van der Waals surface area contributed by atoms with Gasteiger partial charge in [-0.3, -0.25) is 9.59 Å². The van der Waals surface area contributed by atoms with Crippen molar-refractivity contribution in [2.24, 2.45) is 11.7 Å². The van der Waals surface area contributed by atoms with Crippen molar-refractivity contribution < 1.29 is 14.0 Å². The molecule has 224 valence electrons. The molecule has 0 spiro atoms. The van der Waals surface area contributed by atoms with Gasteiger partial charge in [0.2, 0.25) is 11.8 Å². The predicted molar refractivity (Wildman–Crippen MR) is 164 cm³/mol. The number of likely N-dealkylation sites (tertiary alicyclic amines) is 1. The Balaban J connectivity index is 1.41. The summed E-state index contributed by atoms with van der Waals surface area (Å²) in [5.74, 6) is 0.105. The van der Waals surface area contributed by atoms with E-state index in [2.05, 4.69) is 24.1 Å². The second kappa shape index (κ2) is 14.7. The summed E-state index contributed by atoms with van der Waals surface area (Å²) >= 11 is 12.5. The molecule has 7 nitrogen and oxygen atoms in total. The van der Waals surface area contributed by atoms with Crippen molar-refractivity contribution in [2.75, 3.05) is 44.2 Å². The van der Waals surface area contributed by atoms with Crippen LogP contribution in [0.4, 0.5) is 10.1 Å². The molecule has 3 unspecified atom stereocenters. The van der Waals surface area contributed by atoms with Crippen LogP contribution in [0.15, 0.2) is 36.4 Å². The van der Waals surface area contributed by atoms with Crippen LogP contribution >= 0.6 is 23.2 Å². The summed E-state index contributed by atoms with van der Waals surface area (Å²) in [5, 5.41) is 4.37. The van der Waals surface area contributed by atoms with E-state index in [1.165, 1.54) is 6.07 Å². The number of nitrogens with two attached hydrogens (primary N) is 1. The Labute approximate surface area is 253 Å². The Bertz CT molecular complexity index is 1210. The van der Waals surface area contributed by atoms with E-state index >= 15 is 0 Å². The lowest BCUT2D eigenvalue weighted by atomic mass is 9.98. The zero-order valence-corrected chi connectivity index (χ0v) is 25.6. The number of carbonyl (C=O) groups excluding carboxylic acids is 2. The number of piperazine rings is 1. The van der Waals surface area contributed by atoms with Gasteiger partial charge >= 0.3 is 0 Å². The normalized spacial score (nSPS) is 18.1. The highest BCUT2D eigenvalue weighted by molar-refractivity contribution is 6.35. The molecule has 0 aliphatic carbocycles. The van der Waals surface area contributed by atoms with Gasteiger partial charge in [-0.15, -0.1) is 0 Å². The minimum atomic E-state index is -0.604. The molecule has 3 atom stereocenters. The van der Waals surface area contributed by atoms with Gasteiger partial charge < -0.3 is 25.8 Å². The van der Waals surface area contributed by atoms with E-state index in [-0.39, 0.29) is 23.8 Å². The highest BCUT2D eigenvalue weighted by atomic mass is 35.5. The second-order valence-electron chi connectivity index (χ2n) is 11.3. The number of anilines is 1. The SMILES string of the molecule is CCC(N)NCC(C)CCc1cc(F)ccc1N1CCN(C(=O)C(Cc2ccc(Cl)cc2Cl)N2CCCC2=O)CC1. The van der Waals surface area contributed by atoms with Crippen LogP contribution in [-0.2, 0) is 22.4 Å². The molecule has 3 N–H and O–H groups in total. The van der Waals surface area contributed by atoms with Crippen LogP contribution in [0, 0.1) is 11.7 Å². The van der Waals surface area contributed by atoms with Gasteiger partial charge in [0, 0.05) is 61.3 Å². The molecule has 41 heavy (non-hydrogen) atoms. The van der Waals surface area contributed by atoms with Crippen molar-refractivity contribution in [3.63, 3.8) is 0 Å². The first-order chi connectivity index (χ1) is 19.7. The van der Waals surface area contributed by atoms with Crippen LogP contribution < -0.4 is 16.0 Å². The van der Waals surface area contributed by atoms with Crippen molar-refractivity contribution in [3.05, 3.63) is 63.4 Å². The maximum absolute atomic E-state index is 14.3. The van der Waals surface area contributed by atoms with E-state index in [0.717, 1.165) is 49.0 Å². The fraction of sp³-hybridized carbons (Fsp3) is 0.548. The summed E-state index contributed by atoms with van der Waals surface area (Å²) in [6, 6.07) is 9.64. The maximum Gasteiger partial charge on any atom is 0.245 e. The summed E-state index contributed by atoms with van der Waals surface area (Å²) in [6.45, 7) is 7.94. The molecule has 10 heteroatoms. The van der Waals surface area contributed by atoms with Crippen molar-refractivity contribution in [1.82, 2.24) is 15.1 Å². The van der Waals surface area contributed by atoms with Crippen LogP contribution in [0.25, 0.3) is 0 Å². The highest BCUT2D eigenvalue weighted by Gasteiger charge is 2.37. The van der Waals surface area contributed by atoms with Crippen LogP contribution in [0.5, 0.6) is 0 Å². The molecule has 2 heterocycles. The average Bonchev–Trinajstić information content (AvgIpc) is 3.39. The molecule has 0 radical (unpaired) electrons. The van der Waals surface area contributed by atoms with E-state index < -0.39 is 6.04 Å². The lowest BCUT2D eigenvalue weighted by molar-refractivity contribution is -0.143. The molecule has 2 fully saturated rings. The molecule has 4 rings (SSSR count). The Morgan fingerprint density at radius 3 is 2.49 bits per heavy atom. The van der Waals surface area contributed by atoms with Crippen LogP contribution in [-0.4, -0.2) is 73.1 Å². The lowest BCUT2D eigenvalue weighted by Gasteiger charge is -2.40. The number of benzene rings is 2. The van der Waals surface area contributed by atoms with Crippen molar-refractivity contribution in [1.29, 1.82) is 0 Å². The van der Waals surface area contributed by atoms with E-state index in [0.29, 0.717) is 61.5 Å². The molecular formula is C31H42Cl2FN5O2. The van der Waals surface area contributed by atoms with E-state index in [1.54, 1.807) is 23.1 Å². The van der Waals surface area contributed by atoms with Gasteiger partial charge in [-0.1, -0.05) is 43.1 Å². The Kier molecular flexibility index (Phi) is 11.3. The van der Waals surface area contributed by atoms with Gasteiger partial charge in [0.1, 0.15) is 11.9 Å². The first-order valence-electron chi connectivity index (χ1n) is 14.7. The number of rotatable bonds is 12. The highest BCUT2D eigenvalue weighted by Crippen LogP contribution is 2.28. The zero-order chi connectivity index (χ0) is 29.5. The van der Waals surface area contributed by atoms with E-state index in [9.17, 15) is 14.0 Å². The number of carbonyl (C=O) groups is 2. The van der Waals surface area contributed by atoms with Crippen LogP contribution in [0.1, 0.15) is 50.7 Å². The Hall–Kier alpha value is -2.39. The topological polar surface area (TPSA) is 81.9 Å². The Morgan fingerprint density at radius 2 is 1.83 bits per heavy atom. The maximum atomic E-state index is 14.3. The minimum absolute atomic E-state index is 0.00383. The van der Waals surface area contributed by atoms with Gasteiger partial charge in [0.15, 0.2) is 0 Å². The molecule has 2 aliphatic heterocycles. The van der Waals surface area contributed by atoms with Crippen LogP contribution in [0.3, 0.4) is 0 Å². The van der Waals surface area contributed by atoms with Gasteiger partial charge in [-0.2, -0.15) is 0 Å². The summed E-state index contributed by atoms with van der Waals surface area (Å²) < 4.78 is 14.3. The number of amides is 2. The van der Waals surface area contributed by atoms with Crippen LogP contribution in [0.2, 0.25) is 10.0 Å². The fourth-order valence-electron chi connectivity index (χ4n) is 5.67. The largest absolute Gasteiger partial charge is 0.368 e. The molecular weight excluding hydrogens is 564 g/mol. The lowest BCUT2D eigenvalue weighted by Crippen LogP contribution is -2.56. The molecule has 2 amide bonds. The van der Waals surface area contributed by atoms with Crippen molar-refractivity contribution in [3.8, 4) is 0 Å². The predicted octanol–water partition coefficient (Wildman–Crippen LogP) is 4.87. The smallest absolute Gasteiger partial charge is 0.245 e. The fourth-order valence-corrected chi connectivity index (χ4v) is 6.15. The number of aryl methyl sites for hydroxylation is 1. The summed E-state index contributed by atoms with van der Waals surface area (Å²) in [7, 11) is 0. The quantitative estimate of drug-likeness (QED) is 0.337. The number of hydrogen-bond donors (Lipinski definition) is 2. The number of halogens is 3. The van der Waals surface area contributed by atoms with Crippen molar-refractivity contribution >= 4 is 40.7 Å². The van der Waals surface area contributed by atoms with Crippen molar-refractivity contribution in [2.45, 2.75) is 64.6 Å². The standard InChI is InChI=1S/C31H42Cl2FN5O2/c1-3-29(35)36-20-21(2)6-7-23-17-25(34)10-11-27(23)37-13-15-38(16-14-37)31(41)28(39-12-4-5-30(39)40)18-22-8-9-24(32)19-26(22)33/h8-11,17,19,21,28-29,36H,3-7,12-16,18,20,35H2,1-2H3. The number of hydrogen-bond acceptors (Lipinski definition) is 5. The third-order valence-electron chi connectivity index (χ3n) is 8.25. The zero-order valence-electron chi connectivity index (χ0n) is 24.1. The minimum Gasteiger partial charge on any atom is -0.368 e. The molecule has 2 saturated heterocycles. The molecule has 0 bridgehead atoms. The first kappa shape index (κ1) is 31.5. The third kappa shape index (κ3) is 8.34. The molecule has 2 aromatic rings. The monoisotopic (exact) mass is 605 g/mol. The Morgan fingerprint density at radius 1 is 1.07 bits per heavy atom. The van der Waals surface area contributed by atoms with E-state index in [4.69, 9.17) is 28.9 Å². The molecule has 2 aromatic carbocycles. The average molecular weight is 607 g/mol. The third-order valence-corrected chi connectivity index (χ3v) is 8.83. The molecule has 0 saturated carbocycles. The van der Waals surface area contributed by atoms with Gasteiger partial charge in [-0.25, -0.2) is 4.39 Å². The second-order valence-corrected chi connectivity index (χ2v) is 12.1. The summed E-state index contributed by atoms with van der Waals surface area (Å²) in [4.78, 5) is 32.3. The number of nitrogens with one attached hydrogen (secondary N) is 1. The first-order valence-corrected chi connectivity index (χ1v) is 15.5. The van der Waals surface area contributed by atoms with Gasteiger partial charge in [0.25, 0.3) is 0 Å². The van der Waals surface area contributed by atoms with E-state index in [1.807, 2.05) is 17.0 Å². The summed E-state index contributed by atoms with van der Waals surface area (Å²) in [5.41, 5.74) is 8.78. The molecule has 0 aromatic heterocycles. The number of nitrogens with zero attached hydrogens (tertiary/aromatic N) is 3.